The van der Waals surface area contributed by atoms with E-state index in [1.165, 1.54) is 11.1 Å². The highest BCUT2D eigenvalue weighted by molar-refractivity contribution is 5.28. The van der Waals surface area contributed by atoms with Gasteiger partial charge in [0.2, 0.25) is 0 Å². The van der Waals surface area contributed by atoms with Gasteiger partial charge in [-0.2, -0.15) is 0 Å². The summed E-state index contributed by atoms with van der Waals surface area (Å²) in [6.07, 6.45) is 0.983. The summed E-state index contributed by atoms with van der Waals surface area (Å²) in [6.45, 7) is 9.63. The molecule has 0 aromatic heterocycles. The van der Waals surface area contributed by atoms with Gasteiger partial charge < -0.3 is 10.4 Å². The van der Waals surface area contributed by atoms with E-state index in [1.807, 2.05) is 0 Å². The molecule has 0 amide bonds. The smallest absolute Gasteiger partial charge is 0.0496 e. The fourth-order valence-electron chi connectivity index (χ4n) is 1.87. The van der Waals surface area contributed by atoms with Crippen molar-refractivity contribution in [1.29, 1.82) is 0 Å². The SMILES string of the molecule is CCC(C)(CO)CN[C@H](C)c1ccccc1C. The van der Waals surface area contributed by atoms with Crippen molar-refractivity contribution in [3.8, 4) is 0 Å². The Balaban J connectivity index is 2.62. The van der Waals surface area contributed by atoms with Crippen LogP contribution in [0.25, 0.3) is 0 Å². The van der Waals surface area contributed by atoms with Gasteiger partial charge in [-0.25, -0.2) is 0 Å². The van der Waals surface area contributed by atoms with E-state index in [-0.39, 0.29) is 12.0 Å². The molecule has 0 aliphatic heterocycles. The molecule has 96 valence electrons. The Morgan fingerprint density at radius 1 is 1.35 bits per heavy atom. The van der Waals surface area contributed by atoms with Crippen LogP contribution in [0.1, 0.15) is 44.4 Å². The van der Waals surface area contributed by atoms with E-state index in [1.54, 1.807) is 0 Å². The zero-order chi connectivity index (χ0) is 12.9. The van der Waals surface area contributed by atoms with E-state index in [9.17, 15) is 5.11 Å². The van der Waals surface area contributed by atoms with Crippen LogP contribution >= 0.6 is 0 Å². The lowest BCUT2D eigenvalue weighted by atomic mass is 9.88. The molecule has 1 rings (SSSR count). The van der Waals surface area contributed by atoms with Crippen LogP contribution in [0.4, 0.5) is 0 Å². The first-order valence-corrected chi connectivity index (χ1v) is 6.42. The first kappa shape index (κ1) is 14.2. The molecule has 0 radical (unpaired) electrons. The number of aliphatic hydroxyl groups is 1. The van der Waals surface area contributed by atoms with E-state index in [0.717, 1.165) is 13.0 Å². The number of aliphatic hydroxyl groups excluding tert-OH is 1. The van der Waals surface area contributed by atoms with Crippen molar-refractivity contribution in [3.63, 3.8) is 0 Å². The minimum Gasteiger partial charge on any atom is -0.396 e. The molecule has 1 unspecified atom stereocenters. The Kier molecular flexibility index (Phi) is 5.16. The summed E-state index contributed by atoms with van der Waals surface area (Å²) >= 11 is 0. The molecule has 0 heterocycles. The summed E-state index contributed by atoms with van der Waals surface area (Å²) in [7, 11) is 0. The fraction of sp³-hybridized carbons (Fsp3) is 0.600. The van der Waals surface area contributed by atoms with Crippen LogP contribution in [0.3, 0.4) is 0 Å². The van der Waals surface area contributed by atoms with Gasteiger partial charge in [0.25, 0.3) is 0 Å². The highest BCUT2D eigenvalue weighted by Crippen LogP contribution is 2.22. The molecule has 0 aliphatic rings. The number of benzene rings is 1. The van der Waals surface area contributed by atoms with Gasteiger partial charge >= 0.3 is 0 Å². The number of rotatable bonds is 6. The van der Waals surface area contributed by atoms with Crippen LogP contribution in [0.2, 0.25) is 0 Å². The Bertz CT molecular complexity index is 345. The van der Waals surface area contributed by atoms with Gasteiger partial charge in [-0.1, -0.05) is 38.1 Å². The van der Waals surface area contributed by atoms with Crippen LogP contribution in [0, 0.1) is 12.3 Å². The summed E-state index contributed by atoms with van der Waals surface area (Å²) in [5, 5.41) is 12.9. The first-order valence-electron chi connectivity index (χ1n) is 6.42. The topological polar surface area (TPSA) is 32.3 Å². The third-order valence-electron chi connectivity index (χ3n) is 3.73. The summed E-state index contributed by atoms with van der Waals surface area (Å²) in [5.74, 6) is 0. The highest BCUT2D eigenvalue weighted by atomic mass is 16.3. The van der Waals surface area contributed by atoms with Crippen molar-refractivity contribution in [2.75, 3.05) is 13.2 Å². The Morgan fingerprint density at radius 3 is 2.53 bits per heavy atom. The summed E-state index contributed by atoms with van der Waals surface area (Å²) in [5.41, 5.74) is 2.63. The average molecular weight is 235 g/mol. The number of nitrogens with one attached hydrogen (secondary N) is 1. The van der Waals surface area contributed by atoms with Gasteiger partial charge in [0.1, 0.15) is 0 Å². The van der Waals surface area contributed by atoms with E-state index >= 15 is 0 Å². The molecule has 0 fully saturated rings. The second-order valence-corrected chi connectivity index (χ2v) is 5.28. The van der Waals surface area contributed by atoms with Crippen LogP contribution < -0.4 is 5.32 Å². The largest absolute Gasteiger partial charge is 0.396 e. The lowest BCUT2D eigenvalue weighted by molar-refractivity contribution is 0.132. The Labute approximate surface area is 105 Å². The highest BCUT2D eigenvalue weighted by Gasteiger charge is 2.21. The van der Waals surface area contributed by atoms with Crippen molar-refractivity contribution in [2.24, 2.45) is 5.41 Å². The normalized spacial score (nSPS) is 16.5. The molecule has 1 aromatic carbocycles. The molecule has 0 bridgehead atoms. The predicted molar refractivity (Wildman–Crippen MR) is 73.1 cm³/mol. The third-order valence-corrected chi connectivity index (χ3v) is 3.73. The Morgan fingerprint density at radius 2 is 2.00 bits per heavy atom. The van der Waals surface area contributed by atoms with Crippen LogP contribution in [0.15, 0.2) is 24.3 Å². The molecule has 0 saturated heterocycles. The Hall–Kier alpha value is -0.860. The second-order valence-electron chi connectivity index (χ2n) is 5.28. The molecule has 2 heteroatoms. The molecule has 2 atom stereocenters. The summed E-state index contributed by atoms with van der Waals surface area (Å²) < 4.78 is 0. The third kappa shape index (κ3) is 3.83. The zero-order valence-corrected chi connectivity index (χ0v) is 11.5. The molecule has 2 nitrogen and oxygen atoms in total. The quantitative estimate of drug-likeness (QED) is 0.794. The first-order chi connectivity index (χ1) is 8.02. The monoisotopic (exact) mass is 235 g/mol. The van der Waals surface area contributed by atoms with Crippen LogP contribution in [-0.2, 0) is 0 Å². The van der Waals surface area contributed by atoms with Gasteiger partial charge in [-0.05, 0) is 31.4 Å². The second kappa shape index (κ2) is 6.18. The van der Waals surface area contributed by atoms with E-state index in [2.05, 4.69) is 57.3 Å². The molecule has 0 saturated carbocycles. The maximum absolute atomic E-state index is 9.38. The molecule has 17 heavy (non-hydrogen) atoms. The van der Waals surface area contributed by atoms with Gasteiger partial charge in [0, 0.05) is 24.6 Å². The maximum Gasteiger partial charge on any atom is 0.0496 e. The van der Waals surface area contributed by atoms with E-state index in [0.29, 0.717) is 6.04 Å². The summed E-state index contributed by atoms with van der Waals surface area (Å²) in [6, 6.07) is 8.77. The van der Waals surface area contributed by atoms with Gasteiger partial charge in [-0.3, -0.25) is 0 Å². The number of aryl methyl sites for hydroxylation is 1. The molecular formula is C15H25NO. The average Bonchev–Trinajstić information content (AvgIpc) is 2.36. The molecule has 2 N–H and O–H groups in total. The van der Waals surface area contributed by atoms with Crippen molar-refractivity contribution >= 4 is 0 Å². The van der Waals surface area contributed by atoms with Crippen molar-refractivity contribution in [1.82, 2.24) is 5.32 Å². The molecule has 0 aliphatic carbocycles. The maximum atomic E-state index is 9.38. The molecule has 0 spiro atoms. The summed E-state index contributed by atoms with van der Waals surface area (Å²) in [4.78, 5) is 0. The predicted octanol–water partition coefficient (Wildman–Crippen LogP) is 3.05. The minimum absolute atomic E-state index is 0.0169. The van der Waals surface area contributed by atoms with E-state index < -0.39 is 0 Å². The number of hydrogen-bond acceptors (Lipinski definition) is 2. The molecule has 1 aromatic rings. The fourth-order valence-corrected chi connectivity index (χ4v) is 1.87. The number of hydrogen-bond donors (Lipinski definition) is 2. The van der Waals surface area contributed by atoms with Crippen LogP contribution in [-0.4, -0.2) is 18.3 Å². The van der Waals surface area contributed by atoms with E-state index in [4.69, 9.17) is 0 Å². The van der Waals surface area contributed by atoms with Gasteiger partial charge in [0.05, 0.1) is 0 Å². The zero-order valence-electron chi connectivity index (χ0n) is 11.5. The van der Waals surface area contributed by atoms with Gasteiger partial charge in [0.15, 0.2) is 0 Å². The van der Waals surface area contributed by atoms with Crippen molar-refractivity contribution in [3.05, 3.63) is 35.4 Å². The van der Waals surface area contributed by atoms with Crippen molar-refractivity contribution in [2.45, 2.75) is 40.2 Å². The van der Waals surface area contributed by atoms with Crippen molar-refractivity contribution < 1.29 is 5.11 Å². The van der Waals surface area contributed by atoms with Gasteiger partial charge in [-0.15, -0.1) is 0 Å². The lowest BCUT2D eigenvalue weighted by Crippen LogP contribution is -2.35. The lowest BCUT2D eigenvalue weighted by Gasteiger charge is -2.28. The standard InChI is InChI=1S/C15H25NO/c1-5-15(4,11-17)10-16-13(3)14-9-7-6-8-12(14)2/h6-9,13,16-17H,5,10-11H2,1-4H3/t13-,15?/m1/s1. The minimum atomic E-state index is -0.0169. The molecular weight excluding hydrogens is 210 g/mol. The van der Waals surface area contributed by atoms with Crippen LogP contribution in [0.5, 0.6) is 0 Å².